The zero-order valence-electron chi connectivity index (χ0n) is 13.7. The molecule has 0 spiro atoms. The van der Waals surface area contributed by atoms with Crippen LogP contribution in [0.5, 0.6) is 5.75 Å². The summed E-state index contributed by atoms with van der Waals surface area (Å²) in [5.74, 6) is 1.80. The average molecular weight is 379 g/mol. The maximum atomic E-state index is 5.92. The van der Waals surface area contributed by atoms with Crippen molar-refractivity contribution in [2.45, 2.75) is 10.1 Å². The molecule has 0 aliphatic rings. The van der Waals surface area contributed by atoms with Crippen LogP contribution in [-0.4, -0.2) is 37.1 Å². The number of aromatic nitrogens is 1. The molecule has 0 saturated carbocycles. The fourth-order valence-corrected chi connectivity index (χ4v) is 4.29. The summed E-state index contributed by atoms with van der Waals surface area (Å²) in [6.45, 7) is 1.60. The van der Waals surface area contributed by atoms with Crippen LogP contribution in [0, 0.1) is 0 Å². The molecular formula is C18H19ClN2OS2. The summed E-state index contributed by atoms with van der Waals surface area (Å²) >= 11 is 9.38. The summed E-state index contributed by atoms with van der Waals surface area (Å²) in [6, 6.07) is 14.1. The van der Waals surface area contributed by atoms with Crippen LogP contribution < -0.4 is 4.74 Å². The fourth-order valence-electron chi connectivity index (χ4n) is 2.11. The molecule has 3 rings (SSSR count). The maximum Gasteiger partial charge on any atom is 0.151 e. The number of fused-ring (bicyclic) bond motifs is 1. The molecule has 0 atom stereocenters. The van der Waals surface area contributed by atoms with Crippen LogP contribution >= 0.6 is 34.7 Å². The Morgan fingerprint density at radius 1 is 1.17 bits per heavy atom. The summed E-state index contributed by atoms with van der Waals surface area (Å²) in [5.41, 5.74) is 2.27. The van der Waals surface area contributed by atoms with E-state index in [9.17, 15) is 0 Å². The van der Waals surface area contributed by atoms with E-state index in [2.05, 4.69) is 28.1 Å². The molecule has 0 amide bonds. The Morgan fingerprint density at radius 3 is 2.71 bits per heavy atom. The lowest BCUT2D eigenvalue weighted by Gasteiger charge is -2.10. The van der Waals surface area contributed by atoms with Crippen molar-refractivity contribution < 1.29 is 4.74 Å². The van der Waals surface area contributed by atoms with Gasteiger partial charge in [-0.25, -0.2) is 4.98 Å². The number of hydrogen-bond donors (Lipinski definition) is 0. The minimum atomic E-state index is 0.690. The molecule has 0 radical (unpaired) electrons. The lowest BCUT2D eigenvalue weighted by atomic mass is 10.2. The third-order valence-corrected chi connectivity index (χ3v) is 5.91. The number of thiazole rings is 1. The Bertz CT molecular complexity index is 802. The molecule has 1 aromatic heterocycles. The number of benzene rings is 2. The van der Waals surface area contributed by atoms with E-state index in [-0.39, 0.29) is 0 Å². The Kier molecular flexibility index (Phi) is 6.00. The van der Waals surface area contributed by atoms with Gasteiger partial charge in [-0.15, -0.1) is 11.3 Å². The van der Waals surface area contributed by atoms with Gasteiger partial charge in [0.1, 0.15) is 12.4 Å². The number of rotatable bonds is 7. The molecule has 0 fully saturated rings. The first-order chi connectivity index (χ1) is 11.6. The summed E-state index contributed by atoms with van der Waals surface area (Å²) in [4.78, 5) is 6.79. The van der Waals surface area contributed by atoms with Crippen molar-refractivity contribution in [1.82, 2.24) is 9.88 Å². The molecule has 24 heavy (non-hydrogen) atoms. The smallest absolute Gasteiger partial charge is 0.151 e. The zero-order chi connectivity index (χ0) is 16.9. The number of ether oxygens (including phenoxy) is 1. The van der Waals surface area contributed by atoms with Crippen LogP contribution in [0.2, 0.25) is 5.02 Å². The highest BCUT2D eigenvalue weighted by molar-refractivity contribution is 8.00. The molecule has 6 heteroatoms. The van der Waals surface area contributed by atoms with Crippen LogP contribution in [-0.2, 0) is 5.75 Å². The van der Waals surface area contributed by atoms with Crippen molar-refractivity contribution >= 4 is 44.9 Å². The van der Waals surface area contributed by atoms with Gasteiger partial charge in [-0.3, -0.25) is 0 Å². The van der Waals surface area contributed by atoms with Gasteiger partial charge in [0, 0.05) is 17.3 Å². The molecular weight excluding hydrogens is 360 g/mol. The molecule has 0 saturated heterocycles. The van der Waals surface area contributed by atoms with Crippen molar-refractivity contribution in [2.75, 3.05) is 27.2 Å². The van der Waals surface area contributed by atoms with Crippen LogP contribution in [0.4, 0.5) is 0 Å². The van der Waals surface area contributed by atoms with E-state index < -0.39 is 0 Å². The second-order valence-electron chi connectivity index (χ2n) is 5.68. The molecule has 0 N–H and O–H groups in total. The normalized spacial score (nSPS) is 11.3. The van der Waals surface area contributed by atoms with E-state index in [1.54, 1.807) is 23.1 Å². The van der Waals surface area contributed by atoms with Crippen molar-refractivity contribution in [1.29, 1.82) is 0 Å². The van der Waals surface area contributed by atoms with Gasteiger partial charge in [-0.1, -0.05) is 35.5 Å². The highest BCUT2D eigenvalue weighted by atomic mass is 35.5. The topological polar surface area (TPSA) is 25.4 Å². The SMILES string of the molecule is CN(C)CCOc1ccc2nc(SCc3ccc(Cl)cc3)sc2c1. The number of hydrogen-bond acceptors (Lipinski definition) is 5. The molecule has 3 aromatic rings. The first-order valence-corrected chi connectivity index (χ1v) is 9.83. The van der Waals surface area contributed by atoms with E-state index in [1.807, 2.05) is 38.4 Å². The molecule has 0 unspecified atom stereocenters. The number of nitrogens with zero attached hydrogens (tertiary/aromatic N) is 2. The van der Waals surface area contributed by atoms with Crippen LogP contribution in [0.15, 0.2) is 46.8 Å². The molecule has 0 bridgehead atoms. The third-order valence-electron chi connectivity index (χ3n) is 3.42. The summed E-state index contributed by atoms with van der Waals surface area (Å²) < 4.78 is 8.03. The van der Waals surface area contributed by atoms with Crippen LogP contribution in [0.25, 0.3) is 10.2 Å². The molecule has 126 valence electrons. The third kappa shape index (κ3) is 4.86. The van der Waals surface area contributed by atoms with Gasteiger partial charge in [-0.2, -0.15) is 0 Å². The Hall–Kier alpha value is -1.27. The van der Waals surface area contributed by atoms with Crippen LogP contribution in [0.3, 0.4) is 0 Å². The maximum absolute atomic E-state index is 5.92. The number of thioether (sulfide) groups is 1. The predicted molar refractivity (Wildman–Crippen MR) is 105 cm³/mol. The highest BCUT2D eigenvalue weighted by Gasteiger charge is 2.07. The minimum absolute atomic E-state index is 0.690. The van der Waals surface area contributed by atoms with E-state index >= 15 is 0 Å². The van der Waals surface area contributed by atoms with Crippen molar-refractivity contribution in [3.63, 3.8) is 0 Å². The summed E-state index contributed by atoms with van der Waals surface area (Å²) in [5, 5.41) is 0.769. The van der Waals surface area contributed by atoms with Crippen molar-refractivity contribution in [2.24, 2.45) is 0 Å². The molecule has 3 nitrogen and oxygen atoms in total. The average Bonchev–Trinajstić information content (AvgIpc) is 2.96. The Balaban J connectivity index is 1.63. The van der Waals surface area contributed by atoms with Gasteiger partial charge in [0.25, 0.3) is 0 Å². The van der Waals surface area contributed by atoms with Gasteiger partial charge in [0.15, 0.2) is 4.34 Å². The Labute approximate surface area is 155 Å². The van der Waals surface area contributed by atoms with Gasteiger partial charge >= 0.3 is 0 Å². The van der Waals surface area contributed by atoms with Gasteiger partial charge < -0.3 is 9.64 Å². The van der Waals surface area contributed by atoms with Crippen LogP contribution in [0.1, 0.15) is 5.56 Å². The van der Waals surface area contributed by atoms with E-state index in [1.165, 1.54) is 5.56 Å². The summed E-state index contributed by atoms with van der Waals surface area (Å²) in [6.07, 6.45) is 0. The number of likely N-dealkylation sites (N-methyl/N-ethyl adjacent to an activating group) is 1. The summed E-state index contributed by atoms with van der Waals surface area (Å²) in [7, 11) is 4.08. The second-order valence-corrected chi connectivity index (χ2v) is 8.37. The molecule has 0 aliphatic carbocycles. The first-order valence-electron chi connectivity index (χ1n) is 7.65. The van der Waals surface area contributed by atoms with E-state index in [0.717, 1.165) is 37.6 Å². The van der Waals surface area contributed by atoms with Gasteiger partial charge in [0.2, 0.25) is 0 Å². The minimum Gasteiger partial charge on any atom is -0.492 e. The standard InChI is InChI=1S/C18H19ClN2OS2/c1-21(2)9-10-22-15-7-8-16-17(11-15)24-18(20-16)23-12-13-3-5-14(19)6-4-13/h3-8,11H,9-10,12H2,1-2H3. The quantitative estimate of drug-likeness (QED) is 0.529. The van der Waals surface area contributed by atoms with Gasteiger partial charge in [0.05, 0.1) is 10.2 Å². The Morgan fingerprint density at radius 2 is 1.96 bits per heavy atom. The van der Waals surface area contributed by atoms with Gasteiger partial charge in [-0.05, 0) is 50.0 Å². The van der Waals surface area contributed by atoms with E-state index in [4.69, 9.17) is 16.3 Å². The monoisotopic (exact) mass is 378 g/mol. The largest absolute Gasteiger partial charge is 0.492 e. The fraction of sp³-hybridized carbons (Fsp3) is 0.278. The van der Waals surface area contributed by atoms with Crippen molar-refractivity contribution in [3.8, 4) is 5.75 Å². The highest BCUT2D eigenvalue weighted by Crippen LogP contribution is 2.33. The molecule has 0 aliphatic heterocycles. The zero-order valence-corrected chi connectivity index (χ0v) is 16.0. The molecule has 1 heterocycles. The second kappa shape index (κ2) is 8.21. The predicted octanol–water partition coefficient (Wildman–Crippen LogP) is 5.18. The van der Waals surface area contributed by atoms with Crippen molar-refractivity contribution in [3.05, 3.63) is 53.1 Å². The van der Waals surface area contributed by atoms with E-state index in [0.29, 0.717) is 6.61 Å². The first kappa shape index (κ1) is 17.5. The molecule has 2 aromatic carbocycles. The lowest BCUT2D eigenvalue weighted by Crippen LogP contribution is -2.19. The lowest BCUT2D eigenvalue weighted by molar-refractivity contribution is 0.261. The number of halogens is 1.